The smallest absolute Gasteiger partial charge is 0.250 e. The third kappa shape index (κ3) is 3.62. The van der Waals surface area contributed by atoms with E-state index in [1.807, 2.05) is 6.07 Å². The third-order valence-corrected chi connectivity index (χ3v) is 4.15. The lowest BCUT2D eigenvalue weighted by Gasteiger charge is -2.30. The van der Waals surface area contributed by atoms with Crippen molar-refractivity contribution in [2.45, 2.75) is 38.5 Å². The molecule has 3 rings (SSSR count). The van der Waals surface area contributed by atoms with E-state index >= 15 is 0 Å². The Kier molecular flexibility index (Phi) is 4.68. The van der Waals surface area contributed by atoms with Crippen LogP contribution < -0.4 is 0 Å². The second kappa shape index (κ2) is 6.87. The van der Waals surface area contributed by atoms with Gasteiger partial charge in [0.25, 0.3) is 5.89 Å². The van der Waals surface area contributed by atoms with E-state index < -0.39 is 0 Å². The van der Waals surface area contributed by atoms with Gasteiger partial charge in [0.2, 0.25) is 5.89 Å². The summed E-state index contributed by atoms with van der Waals surface area (Å²) in [6, 6.07) is 1.81. The summed E-state index contributed by atoms with van der Waals surface area (Å²) < 4.78 is 10.8. The number of aromatic nitrogens is 2. The fourth-order valence-electron chi connectivity index (χ4n) is 2.86. The molecular formula is C16H21N3O3. The van der Waals surface area contributed by atoms with Crippen LogP contribution in [0, 0.1) is 0 Å². The van der Waals surface area contributed by atoms with Gasteiger partial charge in [-0.3, -0.25) is 0 Å². The summed E-state index contributed by atoms with van der Waals surface area (Å²) in [4.78, 5) is 13.4. The number of piperidine rings is 1. The molecule has 0 atom stereocenters. The van der Waals surface area contributed by atoms with Gasteiger partial charge in [0.05, 0.1) is 11.8 Å². The molecule has 0 saturated carbocycles. The predicted molar refractivity (Wildman–Crippen MR) is 80.3 cm³/mol. The molecule has 6 nitrogen and oxygen atoms in total. The lowest BCUT2D eigenvalue weighted by molar-refractivity contribution is -0.117. The molecule has 0 bridgehead atoms. The summed E-state index contributed by atoms with van der Waals surface area (Å²) >= 11 is 0. The van der Waals surface area contributed by atoms with Gasteiger partial charge in [-0.2, -0.15) is 0 Å². The first-order valence-electron chi connectivity index (χ1n) is 7.80. The van der Waals surface area contributed by atoms with E-state index in [0.717, 1.165) is 50.4 Å². The van der Waals surface area contributed by atoms with Crippen molar-refractivity contribution in [3.63, 3.8) is 0 Å². The summed E-state index contributed by atoms with van der Waals surface area (Å²) in [5.74, 6) is 1.84. The average Bonchev–Trinajstić information content (AvgIpc) is 3.19. The van der Waals surface area contributed by atoms with Crippen LogP contribution in [-0.4, -0.2) is 40.5 Å². The van der Waals surface area contributed by atoms with Gasteiger partial charge in [-0.1, -0.05) is 0 Å². The lowest BCUT2D eigenvalue weighted by Crippen LogP contribution is -2.33. The molecule has 0 spiro atoms. The molecule has 0 aliphatic carbocycles. The Balaban J connectivity index is 1.50. The van der Waals surface area contributed by atoms with E-state index in [2.05, 4.69) is 15.1 Å². The van der Waals surface area contributed by atoms with Crippen molar-refractivity contribution in [2.24, 2.45) is 0 Å². The summed E-state index contributed by atoms with van der Waals surface area (Å²) in [6.07, 6.45) is 6.87. The molecule has 1 aliphatic heterocycles. The van der Waals surface area contributed by atoms with Gasteiger partial charge in [-0.25, -0.2) is 0 Å². The average molecular weight is 303 g/mol. The Bertz CT molecular complexity index is 598. The summed E-state index contributed by atoms with van der Waals surface area (Å²) in [5, 5.41) is 8.28. The van der Waals surface area contributed by atoms with Gasteiger partial charge in [-0.05, 0) is 51.9 Å². The minimum Gasteiger partial charge on any atom is -0.472 e. The van der Waals surface area contributed by atoms with Crippen LogP contribution in [0.2, 0.25) is 0 Å². The van der Waals surface area contributed by atoms with Gasteiger partial charge < -0.3 is 18.5 Å². The fourth-order valence-corrected chi connectivity index (χ4v) is 2.86. The minimum atomic E-state index is 0.271. The SMILES string of the molecule is CC(=O)CCCN1CCC(c2nnc(-c3ccoc3)o2)CC1. The van der Waals surface area contributed by atoms with Crippen molar-refractivity contribution < 1.29 is 13.6 Å². The first kappa shape index (κ1) is 15.0. The van der Waals surface area contributed by atoms with Crippen LogP contribution in [0.15, 0.2) is 27.4 Å². The molecular weight excluding hydrogens is 282 g/mol. The molecule has 118 valence electrons. The lowest BCUT2D eigenvalue weighted by atomic mass is 9.96. The molecule has 3 heterocycles. The Morgan fingerprint density at radius 1 is 1.36 bits per heavy atom. The molecule has 0 aromatic carbocycles. The predicted octanol–water partition coefficient (Wildman–Crippen LogP) is 2.88. The third-order valence-electron chi connectivity index (χ3n) is 4.15. The van der Waals surface area contributed by atoms with Crippen LogP contribution in [0.3, 0.4) is 0 Å². The van der Waals surface area contributed by atoms with Crippen LogP contribution in [0.4, 0.5) is 0 Å². The van der Waals surface area contributed by atoms with E-state index in [0.29, 0.717) is 18.2 Å². The van der Waals surface area contributed by atoms with Crippen LogP contribution >= 0.6 is 0 Å². The fraction of sp³-hybridized carbons (Fsp3) is 0.562. The van der Waals surface area contributed by atoms with Crippen molar-refractivity contribution >= 4 is 5.78 Å². The number of carbonyl (C=O) groups excluding carboxylic acids is 1. The first-order valence-corrected chi connectivity index (χ1v) is 7.80. The van der Waals surface area contributed by atoms with E-state index in [1.165, 1.54) is 0 Å². The molecule has 0 N–H and O–H groups in total. The summed E-state index contributed by atoms with van der Waals surface area (Å²) in [7, 11) is 0. The molecule has 0 amide bonds. The highest BCUT2D eigenvalue weighted by molar-refractivity contribution is 5.75. The maximum absolute atomic E-state index is 11.0. The molecule has 1 fully saturated rings. The molecule has 6 heteroatoms. The largest absolute Gasteiger partial charge is 0.472 e. The second-order valence-corrected chi connectivity index (χ2v) is 5.88. The molecule has 2 aromatic heterocycles. The van der Waals surface area contributed by atoms with E-state index in [9.17, 15) is 4.79 Å². The molecule has 2 aromatic rings. The normalized spacial score (nSPS) is 17.0. The van der Waals surface area contributed by atoms with Gasteiger partial charge >= 0.3 is 0 Å². The van der Waals surface area contributed by atoms with Crippen LogP contribution in [0.5, 0.6) is 0 Å². The van der Waals surface area contributed by atoms with Crippen molar-refractivity contribution in [3.05, 3.63) is 24.5 Å². The topological polar surface area (TPSA) is 72.4 Å². The maximum atomic E-state index is 11.0. The zero-order valence-corrected chi connectivity index (χ0v) is 12.8. The van der Waals surface area contributed by atoms with Gasteiger partial charge in [-0.15, -0.1) is 10.2 Å². The number of rotatable bonds is 6. The number of carbonyl (C=O) groups is 1. The molecule has 0 unspecified atom stereocenters. The van der Waals surface area contributed by atoms with Gasteiger partial charge in [0.15, 0.2) is 0 Å². The molecule has 1 saturated heterocycles. The highest BCUT2D eigenvalue weighted by Crippen LogP contribution is 2.29. The van der Waals surface area contributed by atoms with Crippen molar-refractivity contribution in [1.29, 1.82) is 0 Å². The van der Waals surface area contributed by atoms with Crippen LogP contribution in [0.1, 0.15) is 44.4 Å². The number of ketones is 1. The van der Waals surface area contributed by atoms with E-state index in [-0.39, 0.29) is 5.78 Å². The zero-order chi connectivity index (χ0) is 15.4. The second-order valence-electron chi connectivity index (χ2n) is 5.88. The Morgan fingerprint density at radius 3 is 2.86 bits per heavy atom. The van der Waals surface area contributed by atoms with E-state index in [4.69, 9.17) is 8.83 Å². The van der Waals surface area contributed by atoms with Crippen molar-refractivity contribution in [2.75, 3.05) is 19.6 Å². The number of likely N-dealkylation sites (tertiary alicyclic amines) is 1. The highest BCUT2D eigenvalue weighted by Gasteiger charge is 2.25. The van der Waals surface area contributed by atoms with Crippen molar-refractivity contribution in [3.8, 4) is 11.5 Å². The number of Topliss-reactive ketones (excluding diaryl/α,β-unsaturated/α-hetero) is 1. The number of nitrogens with zero attached hydrogens (tertiary/aromatic N) is 3. The zero-order valence-electron chi connectivity index (χ0n) is 12.8. The van der Waals surface area contributed by atoms with Crippen LogP contribution in [0.25, 0.3) is 11.5 Å². The number of hydrogen-bond acceptors (Lipinski definition) is 6. The number of furan rings is 1. The summed E-state index contributed by atoms with van der Waals surface area (Å²) in [5.41, 5.74) is 0.820. The minimum absolute atomic E-state index is 0.271. The Morgan fingerprint density at radius 2 is 2.18 bits per heavy atom. The van der Waals surface area contributed by atoms with Gasteiger partial charge in [0, 0.05) is 12.3 Å². The first-order chi connectivity index (χ1) is 10.7. The molecule has 22 heavy (non-hydrogen) atoms. The molecule has 0 radical (unpaired) electrons. The Labute approximate surface area is 129 Å². The van der Waals surface area contributed by atoms with E-state index in [1.54, 1.807) is 19.5 Å². The van der Waals surface area contributed by atoms with Crippen molar-refractivity contribution in [1.82, 2.24) is 15.1 Å². The quantitative estimate of drug-likeness (QED) is 0.817. The standard InChI is InChI=1S/C16H21N3O3/c1-12(20)3-2-7-19-8-4-13(5-9-19)15-17-18-16(22-15)14-6-10-21-11-14/h6,10-11,13H,2-5,7-9H2,1H3. The maximum Gasteiger partial charge on any atom is 0.250 e. The van der Waals surface area contributed by atoms with Crippen LogP contribution in [-0.2, 0) is 4.79 Å². The number of hydrogen-bond donors (Lipinski definition) is 0. The Hall–Kier alpha value is -1.95. The monoisotopic (exact) mass is 303 g/mol. The van der Waals surface area contributed by atoms with Gasteiger partial charge in [0.1, 0.15) is 12.0 Å². The summed E-state index contributed by atoms with van der Waals surface area (Å²) in [6.45, 7) is 4.69. The highest BCUT2D eigenvalue weighted by atomic mass is 16.4. The molecule has 1 aliphatic rings.